The van der Waals surface area contributed by atoms with Crippen molar-refractivity contribution in [3.05, 3.63) is 108 Å². The molecule has 1 N–H and O–H groups in total. The van der Waals surface area contributed by atoms with Crippen molar-refractivity contribution >= 4 is 17.0 Å². The number of aromatic amines is 1. The highest BCUT2D eigenvalue weighted by Gasteiger charge is 2.15. The van der Waals surface area contributed by atoms with Crippen LogP contribution in [0.2, 0.25) is 0 Å². The largest absolute Gasteiger partial charge is 0.497 e. The van der Waals surface area contributed by atoms with Gasteiger partial charge in [0.05, 0.1) is 7.11 Å². The molecular weight excluding hydrogens is 318 g/mol. The molecule has 4 aromatic rings. The molecule has 0 spiro atoms. The first-order chi connectivity index (χ1) is 12.8. The van der Waals surface area contributed by atoms with Gasteiger partial charge in [-0.15, -0.1) is 0 Å². The fourth-order valence-electron chi connectivity index (χ4n) is 3.34. The summed E-state index contributed by atoms with van der Waals surface area (Å²) in [6, 6.07) is 27.2. The number of ether oxygens (including phenoxy) is 1. The van der Waals surface area contributed by atoms with Crippen molar-refractivity contribution in [3.8, 4) is 5.75 Å². The summed E-state index contributed by atoms with van der Waals surface area (Å²) >= 11 is 0. The van der Waals surface area contributed by atoms with Gasteiger partial charge in [0.2, 0.25) is 0 Å². The van der Waals surface area contributed by atoms with Gasteiger partial charge in [-0.05, 0) is 28.8 Å². The number of nitrogens with one attached hydrogen (secondary N) is 1. The number of fused-ring (bicyclic) bond motifs is 1. The normalized spacial score (nSPS) is 12.5. The molecule has 0 radical (unpaired) electrons. The van der Waals surface area contributed by atoms with E-state index < -0.39 is 0 Å². The highest BCUT2D eigenvalue weighted by atomic mass is 16.5. The van der Waals surface area contributed by atoms with Crippen LogP contribution in [0, 0.1) is 0 Å². The number of H-pyrrole nitrogens is 1. The Morgan fingerprint density at radius 3 is 2.35 bits per heavy atom. The van der Waals surface area contributed by atoms with E-state index in [0.29, 0.717) is 0 Å². The Kier molecular flexibility index (Phi) is 4.57. The summed E-state index contributed by atoms with van der Waals surface area (Å²) in [6.45, 7) is 0. The SMILES string of the molecule is COc1ccc2c(C(/C=C/c3ccccc3)c3ccccc3)c[nH]c2c1. The summed E-state index contributed by atoms with van der Waals surface area (Å²) in [7, 11) is 1.69. The third kappa shape index (κ3) is 3.27. The van der Waals surface area contributed by atoms with Crippen molar-refractivity contribution in [2.24, 2.45) is 0 Å². The predicted octanol–water partition coefficient (Wildman–Crippen LogP) is 6.02. The molecule has 1 heterocycles. The van der Waals surface area contributed by atoms with E-state index in [1.165, 1.54) is 22.1 Å². The summed E-state index contributed by atoms with van der Waals surface area (Å²) in [5, 5.41) is 1.22. The van der Waals surface area contributed by atoms with E-state index in [4.69, 9.17) is 4.74 Å². The maximum Gasteiger partial charge on any atom is 0.120 e. The molecule has 0 saturated carbocycles. The summed E-state index contributed by atoms with van der Waals surface area (Å²) < 4.78 is 5.35. The smallest absolute Gasteiger partial charge is 0.120 e. The highest BCUT2D eigenvalue weighted by molar-refractivity contribution is 5.86. The Morgan fingerprint density at radius 2 is 1.62 bits per heavy atom. The van der Waals surface area contributed by atoms with E-state index >= 15 is 0 Å². The summed E-state index contributed by atoms with van der Waals surface area (Å²) in [4.78, 5) is 3.40. The zero-order valence-electron chi connectivity index (χ0n) is 14.7. The first-order valence-corrected chi connectivity index (χ1v) is 8.78. The molecular formula is C24H21NO. The van der Waals surface area contributed by atoms with Gasteiger partial charge in [0.1, 0.15) is 5.75 Å². The third-order valence-electron chi connectivity index (χ3n) is 4.70. The fraction of sp³-hybridized carbons (Fsp3) is 0.0833. The zero-order chi connectivity index (χ0) is 17.8. The number of aromatic nitrogens is 1. The van der Waals surface area contributed by atoms with Crippen molar-refractivity contribution in [1.29, 1.82) is 0 Å². The Morgan fingerprint density at radius 1 is 0.885 bits per heavy atom. The van der Waals surface area contributed by atoms with Crippen LogP contribution in [-0.2, 0) is 0 Å². The minimum atomic E-state index is 0.179. The lowest BCUT2D eigenvalue weighted by atomic mass is 9.90. The van der Waals surface area contributed by atoms with Crippen LogP contribution in [0.1, 0.15) is 22.6 Å². The number of benzene rings is 3. The van der Waals surface area contributed by atoms with Gasteiger partial charge in [0.15, 0.2) is 0 Å². The molecule has 0 bridgehead atoms. The van der Waals surface area contributed by atoms with Gasteiger partial charge in [-0.25, -0.2) is 0 Å². The van der Waals surface area contributed by atoms with Crippen LogP contribution in [-0.4, -0.2) is 12.1 Å². The van der Waals surface area contributed by atoms with Crippen LogP contribution in [0.5, 0.6) is 5.75 Å². The average Bonchev–Trinajstić information content (AvgIpc) is 3.13. The van der Waals surface area contributed by atoms with Crippen LogP contribution in [0.25, 0.3) is 17.0 Å². The van der Waals surface area contributed by atoms with Crippen LogP contribution in [0.15, 0.2) is 91.1 Å². The quantitative estimate of drug-likeness (QED) is 0.472. The van der Waals surface area contributed by atoms with Gasteiger partial charge in [-0.1, -0.05) is 72.8 Å². The molecule has 1 unspecified atom stereocenters. The predicted molar refractivity (Wildman–Crippen MR) is 109 cm³/mol. The van der Waals surface area contributed by atoms with E-state index in [9.17, 15) is 0 Å². The van der Waals surface area contributed by atoms with Crippen LogP contribution < -0.4 is 4.74 Å². The van der Waals surface area contributed by atoms with E-state index in [1.54, 1.807) is 7.11 Å². The van der Waals surface area contributed by atoms with Crippen LogP contribution in [0.3, 0.4) is 0 Å². The first-order valence-electron chi connectivity index (χ1n) is 8.78. The van der Waals surface area contributed by atoms with Gasteiger partial charge in [-0.3, -0.25) is 0 Å². The second-order valence-electron chi connectivity index (χ2n) is 6.31. The van der Waals surface area contributed by atoms with Crippen LogP contribution in [0.4, 0.5) is 0 Å². The highest BCUT2D eigenvalue weighted by Crippen LogP contribution is 2.33. The van der Waals surface area contributed by atoms with Gasteiger partial charge in [0, 0.05) is 29.1 Å². The lowest BCUT2D eigenvalue weighted by Gasteiger charge is -2.13. The van der Waals surface area contributed by atoms with Crippen molar-refractivity contribution in [2.75, 3.05) is 7.11 Å². The van der Waals surface area contributed by atoms with Gasteiger partial charge in [-0.2, -0.15) is 0 Å². The second kappa shape index (κ2) is 7.32. The maximum atomic E-state index is 5.35. The Hall–Kier alpha value is -3.26. The Bertz CT molecular complexity index is 1020. The molecule has 2 nitrogen and oxygen atoms in total. The van der Waals surface area contributed by atoms with Gasteiger partial charge in [0.25, 0.3) is 0 Å². The minimum absolute atomic E-state index is 0.179. The lowest BCUT2D eigenvalue weighted by Crippen LogP contribution is -1.96. The van der Waals surface area contributed by atoms with Crippen LogP contribution >= 0.6 is 0 Å². The fourth-order valence-corrected chi connectivity index (χ4v) is 3.34. The van der Waals surface area contributed by atoms with E-state index in [0.717, 1.165) is 11.3 Å². The molecule has 2 heteroatoms. The molecule has 26 heavy (non-hydrogen) atoms. The first kappa shape index (κ1) is 16.2. The lowest BCUT2D eigenvalue weighted by molar-refractivity contribution is 0.415. The summed E-state index contributed by atoms with van der Waals surface area (Å²) in [6.07, 6.45) is 6.58. The van der Waals surface area contributed by atoms with Crippen molar-refractivity contribution in [3.63, 3.8) is 0 Å². The maximum absolute atomic E-state index is 5.35. The van der Waals surface area contributed by atoms with Crippen molar-refractivity contribution < 1.29 is 4.74 Å². The number of hydrogen-bond donors (Lipinski definition) is 1. The second-order valence-corrected chi connectivity index (χ2v) is 6.31. The standard InChI is InChI=1S/C24H21NO/c1-26-20-13-15-22-23(17-25-24(22)16-20)21(19-10-6-3-7-11-19)14-12-18-8-4-2-5-9-18/h2-17,21,25H,1H3/b14-12+. The van der Waals surface area contributed by atoms with E-state index in [-0.39, 0.29) is 5.92 Å². The van der Waals surface area contributed by atoms with Gasteiger partial charge < -0.3 is 9.72 Å². The molecule has 0 amide bonds. The minimum Gasteiger partial charge on any atom is -0.497 e. The third-order valence-corrected chi connectivity index (χ3v) is 4.70. The summed E-state index contributed by atoms with van der Waals surface area (Å²) in [5.74, 6) is 1.04. The molecule has 0 aliphatic heterocycles. The van der Waals surface area contributed by atoms with E-state index in [1.807, 2.05) is 18.2 Å². The van der Waals surface area contributed by atoms with Crippen molar-refractivity contribution in [2.45, 2.75) is 5.92 Å². The Labute approximate surface area is 153 Å². The molecule has 0 aliphatic carbocycles. The zero-order valence-corrected chi connectivity index (χ0v) is 14.7. The molecule has 0 saturated heterocycles. The molecule has 4 rings (SSSR count). The number of hydrogen-bond acceptors (Lipinski definition) is 1. The van der Waals surface area contributed by atoms with Crippen molar-refractivity contribution in [1.82, 2.24) is 4.98 Å². The molecule has 1 aromatic heterocycles. The molecule has 0 aliphatic rings. The monoisotopic (exact) mass is 339 g/mol. The number of allylic oxidation sites excluding steroid dienone is 1. The molecule has 0 fully saturated rings. The molecule has 128 valence electrons. The number of rotatable bonds is 5. The topological polar surface area (TPSA) is 25.0 Å². The average molecular weight is 339 g/mol. The van der Waals surface area contributed by atoms with Gasteiger partial charge >= 0.3 is 0 Å². The molecule has 1 atom stereocenters. The molecule has 3 aromatic carbocycles. The number of methoxy groups -OCH3 is 1. The summed E-state index contributed by atoms with van der Waals surface area (Å²) in [5.41, 5.74) is 4.83. The van der Waals surface area contributed by atoms with E-state index in [2.05, 4.69) is 84.0 Å². The Balaban J connectivity index is 1.79.